The topological polar surface area (TPSA) is 55.8 Å². The molecule has 0 rings (SSSR count). The second kappa shape index (κ2) is 7.48. The van der Waals surface area contributed by atoms with E-state index in [2.05, 4.69) is 6.58 Å². The van der Waals surface area contributed by atoms with E-state index in [1.165, 1.54) is 4.90 Å². The summed E-state index contributed by atoms with van der Waals surface area (Å²) in [7, 11) is 1.55. The van der Waals surface area contributed by atoms with Crippen molar-refractivity contribution in [1.29, 1.82) is 0 Å². The summed E-state index contributed by atoms with van der Waals surface area (Å²) < 4.78 is 10.7. The van der Waals surface area contributed by atoms with E-state index in [4.69, 9.17) is 9.47 Å². The summed E-state index contributed by atoms with van der Waals surface area (Å²) in [4.78, 5) is 25.7. The van der Waals surface area contributed by atoms with Gasteiger partial charge in [0.1, 0.15) is 17.2 Å². The SMILES string of the molecule is C=CCC[C@@H](C(=O)OC(C)(C)C)N(C)C(=O)OC(C)(C)C. The highest BCUT2D eigenvalue weighted by Crippen LogP contribution is 2.17. The zero-order valence-electron chi connectivity index (χ0n) is 14.4. The third kappa shape index (κ3) is 8.38. The predicted octanol–water partition coefficient (Wildman–Crippen LogP) is 3.53. The number of ether oxygens (including phenoxy) is 2. The number of rotatable bonds is 5. The van der Waals surface area contributed by atoms with Crippen LogP contribution >= 0.6 is 0 Å². The average molecular weight is 299 g/mol. The molecule has 0 radical (unpaired) electrons. The highest BCUT2D eigenvalue weighted by molar-refractivity contribution is 5.81. The standard InChI is InChI=1S/C16H29NO4/c1-9-10-11-12(13(18)20-15(2,3)4)17(8)14(19)21-16(5,6)7/h9,12H,1,10-11H2,2-8H3/t12-/m0/s1. The highest BCUT2D eigenvalue weighted by atomic mass is 16.6. The van der Waals surface area contributed by atoms with Crippen molar-refractivity contribution in [1.82, 2.24) is 4.90 Å². The van der Waals surface area contributed by atoms with Crippen LogP contribution in [0.1, 0.15) is 54.4 Å². The normalized spacial score (nSPS) is 13.3. The van der Waals surface area contributed by atoms with Gasteiger partial charge in [-0.1, -0.05) is 6.08 Å². The Kier molecular flexibility index (Phi) is 6.94. The summed E-state index contributed by atoms with van der Waals surface area (Å²) in [6, 6.07) is -0.683. The van der Waals surface area contributed by atoms with Crippen molar-refractivity contribution in [3.05, 3.63) is 12.7 Å². The minimum absolute atomic E-state index is 0.433. The number of esters is 1. The molecule has 0 aliphatic carbocycles. The zero-order chi connectivity index (χ0) is 16.8. The van der Waals surface area contributed by atoms with E-state index >= 15 is 0 Å². The second-order valence-corrected chi connectivity index (χ2v) is 7.01. The maximum absolute atomic E-state index is 12.3. The molecule has 1 amide bonds. The summed E-state index contributed by atoms with van der Waals surface area (Å²) in [5.41, 5.74) is -1.21. The van der Waals surface area contributed by atoms with Gasteiger partial charge < -0.3 is 9.47 Å². The summed E-state index contributed by atoms with van der Waals surface area (Å²) in [5, 5.41) is 0. The molecule has 21 heavy (non-hydrogen) atoms. The number of hydrogen-bond acceptors (Lipinski definition) is 4. The van der Waals surface area contributed by atoms with Crippen molar-refractivity contribution < 1.29 is 19.1 Å². The number of amides is 1. The van der Waals surface area contributed by atoms with Crippen LogP contribution in [0.15, 0.2) is 12.7 Å². The first kappa shape index (κ1) is 19.5. The minimum atomic E-state index is -0.683. The van der Waals surface area contributed by atoms with Gasteiger partial charge in [-0.2, -0.15) is 0 Å². The van der Waals surface area contributed by atoms with E-state index in [-0.39, 0.29) is 0 Å². The molecule has 0 unspecified atom stereocenters. The summed E-state index contributed by atoms with van der Waals surface area (Å²) in [6.07, 6.45) is 2.23. The third-order valence-corrected chi connectivity index (χ3v) is 2.47. The van der Waals surface area contributed by atoms with Gasteiger partial charge in [-0.3, -0.25) is 4.90 Å². The number of hydrogen-bond donors (Lipinski definition) is 0. The molecular formula is C16H29NO4. The van der Waals surface area contributed by atoms with Crippen LogP contribution in [-0.2, 0) is 14.3 Å². The molecule has 0 aromatic heterocycles. The first-order valence-corrected chi connectivity index (χ1v) is 7.17. The lowest BCUT2D eigenvalue weighted by Crippen LogP contribution is -2.47. The van der Waals surface area contributed by atoms with Gasteiger partial charge in [-0.05, 0) is 54.4 Å². The van der Waals surface area contributed by atoms with Gasteiger partial charge in [-0.25, -0.2) is 9.59 Å². The van der Waals surface area contributed by atoms with Crippen LogP contribution in [0.2, 0.25) is 0 Å². The summed E-state index contributed by atoms with van der Waals surface area (Å²) in [5.74, 6) is -0.433. The Labute approximate surface area is 128 Å². The van der Waals surface area contributed by atoms with Gasteiger partial charge in [-0.15, -0.1) is 6.58 Å². The number of nitrogens with zero attached hydrogens (tertiary/aromatic N) is 1. The van der Waals surface area contributed by atoms with Crippen LogP contribution in [0, 0.1) is 0 Å². The van der Waals surface area contributed by atoms with Gasteiger partial charge >= 0.3 is 12.1 Å². The molecule has 0 aromatic rings. The van der Waals surface area contributed by atoms with Crippen LogP contribution in [0.3, 0.4) is 0 Å². The molecule has 5 nitrogen and oxygen atoms in total. The number of likely N-dealkylation sites (N-methyl/N-ethyl adjacent to an activating group) is 1. The van der Waals surface area contributed by atoms with E-state index in [1.807, 2.05) is 0 Å². The van der Waals surface area contributed by atoms with Gasteiger partial charge in [0, 0.05) is 7.05 Å². The quantitative estimate of drug-likeness (QED) is 0.575. The molecule has 0 fully saturated rings. The Morgan fingerprint density at radius 3 is 1.95 bits per heavy atom. The minimum Gasteiger partial charge on any atom is -0.458 e. The summed E-state index contributed by atoms with van der Waals surface area (Å²) in [6.45, 7) is 14.4. The number of carbonyl (C=O) groups excluding carboxylic acids is 2. The van der Waals surface area contributed by atoms with Crippen molar-refractivity contribution >= 4 is 12.1 Å². The molecule has 0 aromatic carbocycles. The molecule has 0 heterocycles. The Morgan fingerprint density at radius 1 is 1.10 bits per heavy atom. The molecule has 0 bridgehead atoms. The zero-order valence-corrected chi connectivity index (χ0v) is 14.4. The fourth-order valence-corrected chi connectivity index (χ4v) is 1.58. The lowest BCUT2D eigenvalue weighted by atomic mass is 10.1. The average Bonchev–Trinajstić information content (AvgIpc) is 2.24. The van der Waals surface area contributed by atoms with Crippen molar-refractivity contribution in [2.24, 2.45) is 0 Å². The Hall–Kier alpha value is -1.52. The molecule has 122 valence electrons. The van der Waals surface area contributed by atoms with E-state index < -0.39 is 29.3 Å². The molecule has 5 heteroatoms. The van der Waals surface area contributed by atoms with Gasteiger partial charge in [0.05, 0.1) is 0 Å². The van der Waals surface area contributed by atoms with Gasteiger partial charge in [0.2, 0.25) is 0 Å². The Bertz CT molecular complexity index is 377. The third-order valence-electron chi connectivity index (χ3n) is 2.47. The van der Waals surface area contributed by atoms with Gasteiger partial charge in [0.15, 0.2) is 0 Å². The van der Waals surface area contributed by atoms with E-state index in [9.17, 15) is 9.59 Å². The monoisotopic (exact) mass is 299 g/mol. The molecular weight excluding hydrogens is 270 g/mol. The smallest absolute Gasteiger partial charge is 0.410 e. The largest absolute Gasteiger partial charge is 0.458 e. The van der Waals surface area contributed by atoms with Gasteiger partial charge in [0.25, 0.3) is 0 Å². The van der Waals surface area contributed by atoms with Crippen molar-refractivity contribution in [3.63, 3.8) is 0 Å². The van der Waals surface area contributed by atoms with E-state index in [1.54, 1.807) is 54.7 Å². The van der Waals surface area contributed by atoms with Crippen molar-refractivity contribution in [3.8, 4) is 0 Å². The molecule has 0 N–H and O–H groups in total. The number of allylic oxidation sites excluding steroid dienone is 1. The first-order chi connectivity index (χ1) is 9.37. The number of carbonyl (C=O) groups is 2. The Balaban J connectivity index is 5.00. The Morgan fingerprint density at radius 2 is 1.57 bits per heavy atom. The van der Waals surface area contributed by atoms with E-state index in [0.29, 0.717) is 12.8 Å². The second-order valence-electron chi connectivity index (χ2n) is 7.01. The summed E-state index contributed by atoms with van der Waals surface area (Å²) >= 11 is 0. The van der Waals surface area contributed by atoms with Crippen LogP contribution in [-0.4, -0.2) is 41.3 Å². The molecule has 0 saturated heterocycles. The fraction of sp³-hybridized carbons (Fsp3) is 0.750. The maximum atomic E-state index is 12.3. The van der Waals surface area contributed by atoms with Crippen LogP contribution in [0.4, 0.5) is 4.79 Å². The molecule has 0 saturated carbocycles. The van der Waals surface area contributed by atoms with Crippen molar-refractivity contribution in [2.45, 2.75) is 71.6 Å². The molecule has 0 spiro atoms. The van der Waals surface area contributed by atoms with Crippen molar-refractivity contribution in [2.75, 3.05) is 7.05 Å². The van der Waals surface area contributed by atoms with E-state index in [0.717, 1.165) is 0 Å². The van der Waals surface area contributed by atoms with Crippen LogP contribution in [0.25, 0.3) is 0 Å². The predicted molar refractivity (Wildman–Crippen MR) is 83.1 cm³/mol. The maximum Gasteiger partial charge on any atom is 0.410 e. The lowest BCUT2D eigenvalue weighted by Gasteiger charge is -2.31. The molecule has 0 aliphatic rings. The van der Waals surface area contributed by atoms with Crippen LogP contribution in [0.5, 0.6) is 0 Å². The van der Waals surface area contributed by atoms with Crippen LogP contribution < -0.4 is 0 Å². The first-order valence-electron chi connectivity index (χ1n) is 7.17. The molecule has 1 atom stereocenters. The lowest BCUT2D eigenvalue weighted by molar-refractivity contribution is -0.161. The molecule has 0 aliphatic heterocycles. The highest BCUT2D eigenvalue weighted by Gasteiger charge is 2.32. The fourth-order valence-electron chi connectivity index (χ4n) is 1.58.